The van der Waals surface area contributed by atoms with Crippen molar-refractivity contribution in [2.75, 3.05) is 18.9 Å². The first kappa shape index (κ1) is 14.5. The zero-order chi connectivity index (χ0) is 13.6. The zero-order valence-corrected chi connectivity index (χ0v) is 11.1. The van der Waals surface area contributed by atoms with E-state index in [-0.39, 0.29) is 17.9 Å². The highest BCUT2D eigenvalue weighted by atomic mass is 16.3. The van der Waals surface area contributed by atoms with Crippen LogP contribution in [-0.4, -0.2) is 24.2 Å². The summed E-state index contributed by atoms with van der Waals surface area (Å²) in [5.41, 5.74) is 7.18. The maximum absolute atomic E-state index is 11.8. The van der Waals surface area contributed by atoms with Gasteiger partial charge in [-0.15, -0.1) is 0 Å². The van der Waals surface area contributed by atoms with Crippen molar-refractivity contribution in [1.29, 1.82) is 0 Å². The lowest BCUT2D eigenvalue weighted by molar-refractivity contribution is -0.120. The standard InChI is InChI=1S/C14H22N2O2/c1-14(2,7-8-17)10-16-13(18)9-11-5-3-4-6-12(11)15/h3-6,17H,7-10,15H2,1-2H3,(H,16,18). The third kappa shape index (κ3) is 4.75. The number of nitrogens with one attached hydrogen (secondary N) is 1. The molecular formula is C14H22N2O2. The van der Waals surface area contributed by atoms with Gasteiger partial charge in [0, 0.05) is 18.8 Å². The third-order valence-electron chi connectivity index (χ3n) is 2.96. The van der Waals surface area contributed by atoms with Gasteiger partial charge >= 0.3 is 0 Å². The fourth-order valence-electron chi connectivity index (χ4n) is 1.66. The molecule has 1 aromatic carbocycles. The van der Waals surface area contributed by atoms with Crippen molar-refractivity contribution in [2.24, 2.45) is 5.41 Å². The SMILES string of the molecule is CC(C)(CCO)CNC(=O)Cc1ccccc1N. The minimum atomic E-state index is -0.0906. The van der Waals surface area contributed by atoms with Gasteiger partial charge in [-0.05, 0) is 23.5 Å². The van der Waals surface area contributed by atoms with Crippen molar-refractivity contribution >= 4 is 11.6 Å². The van der Waals surface area contributed by atoms with Crippen LogP contribution in [0.4, 0.5) is 5.69 Å². The van der Waals surface area contributed by atoms with E-state index in [9.17, 15) is 4.79 Å². The maximum atomic E-state index is 11.8. The van der Waals surface area contributed by atoms with Crippen LogP contribution in [0, 0.1) is 5.41 Å². The van der Waals surface area contributed by atoms with Crippen LogP contribution >= 0.6 is 0 Å². The summed E-state index contributed by atoms with van der Waals surface area (Å²) in [5.74, 6) is -0.0427. The van der Waals surface area contributed by atoms with Crippen molar-refractivity contribution in [3.8, 4) is 0 Å². The summed E-state index contributed by atoms with van der Waals surface area (Å²) in [4.78, 5) is 11.8. The van der Waals surface area contributed by atoms with E-state index in [2.05, 4.69) is 5.32 Å². The number of carbonyl (C=O) groups excluding carboxylic acids is 1. The summed E-state index contributed by atoms with van der Waals surface area (Å²) >= 11 is 0. The van der Waals surface area contributed by atoms with Gasteiger partial charge in [-0.2, -0.15) is 0 Å². The van der Waals surface area contributed by atoms with Crippen molar-refractivity contribution in [3.63, 3.8) is 0 Å². The largest absolute Gasteiger partial charge is 0.398 e. The number of amides is 1. The quantitative estimate of drug-likeness (QED) is 0.667. The fraction of sp³-hybridized carbons (Fsp3) is 0.500. The van der Waals surface area contributed by atoms with Gasteiger partial charge in [0.25, 0.3) is 0 Å². The van der Waals surface area contributed by atoms with E-state index < -0.39 is 0 Å². The minimum Gasteiger partial charge on any atom is -0.398 e. The predicted octanol–water partition coefficient (Wildman–Crippen LogP) is 1.34. The number of nitrogen functional groups attached to an aromatic ring is 1. The molecular weight excluding hydrogens is 228 g/mol. The molecule has 0 fully saturated rings. The molecule has 100 valence electrons. The first-order valence-electron chi connectivity index (χ1n) is 6.15. The Labute approximate surface area is 108 Å². The van der Waals surface area contributed by atoms with Gasteiger partial charge in [0.1, 0.15) is 0 Å². The molecule has 1 amide bonds. The summed E-state index contributed by atoms with van der Waals surface area (Å²) in [6.45, 7) is 4.72. The molecule has 0 saturated carbocycles. The predicted molar refractivity (Wildman–Crippen MR) is 73.1 cm³/mol. The van der Waals surface area contributed by atoms with Crippen LogP contribution in [0.3, 0.4) is 0 Å². The summed E-state index contributed by atoms with van der Waals surface area (Å²) in [5, 5.41) is 11.8. The van der Waals surface area contributed by atoms with Gasteiger partial charge in [0.15, 0.2) is 0 Å². The minimum absolute atomic E-state index is 0.0427. The molecule has 18 heavy (non-hydrogen) atoms. The number of aliphatic hydroxyl groups excluding tert-OH is 1. The summed E-state index contributed by atoms with van der Waals surface area (Å²) < 4.78 is 0. The van der Waals surface area contributed by atoms with E-state index in [0.29, 0.717) is 25.1 Å². The maximum Gasteiger partial charge on any atom is 0.224 e. The van der Waals surface area contributed by atoms with Crippen LogP contribution in [0.25, 0.3) is 0 Å². The van der Waals surface area contributed by atoms with Crippen LogP contribution in [-0.2, 0) is 11.2 Å². The van der Waals surface area contributed by atoms with Gasteiger partial charge in [0.05, 0.1) is 6.42 Å². The van der Waals surface area contributed by atoms with E-state index in [0.717, 1.165) is 5.56 Å². The Bertz CT molecular complexity index is 403. The van der Waals surface area contributed by atoms with Gasteiger partial charge in [-0.1, -0.05) is 32.0 Å². The van der Waals surface area contributed by atoms with E-state index in [1.165, 1.54) is 0 Å². The second-order valence-electron chi connectivity index (χ2n) is 5.29. The van der Waals surface area contributed by atoms with Crippen molar-refractivity contribution < 1.29 is 9.90 Å². The van der Waals surface area contributed by atoms with Gasteiger partial charge in [-0.25, -0.2) is 0 Å². The topological polar surface area (TPSA) is 75.3 Å². The summed E-state index contributed by atoms with van der Waals surface area (Å²) in [6, 6.07) is 7.36. The van der Waals surface area contributed by atoms with Crippen molar-refractivity contribution in [3.05, 3.63) is 29.8 Å². The van der Waals surface area contributed by atoms with Crippen molar-refractivity contribution in [1.82, 2.24) is 5.32 Å². The number of aliphatic hydroxyl groups is 1. The molecule has 0 bridgehead atoms. The number of hydrogen-bond donors (Lipinski definition) is 3. The molecule has 4 N–H and O–H groups in total. The average Bonchev–Trinajstić information content (AvgIpc) is 2.30. The van der Waals surface area contributed by atoms with Crippen LogP contribution < -0.4 is 11.1 Å². The molecule has 0 aliphatic heterocycles. The van der Waals surface area contributed by atoms with Gasteiger partial charge in [-0.3, -0.25) is 4.79 Å². The van der Waals surface area contributed by atoms with E-state index in [4.69, 9.17) is 10.8 Å². The molecule has 4 heteroatoms. The lowest BCUT2D eigenvalue weighted by Crippen LogP contribution is -2.35. The van der Waals surface area contributed by atoms with Crippen LogP contribution in [0.1, 0.15) is 25.8 Å². The Balaban J connectivity index is 2.46. The lowest BCUT2D eigenvalue weighted by Gasteiger charge is -2.23. The molecule has 0 unspecified atom stereocenters. The first-order chi connectivity index (χ1) is 8.44. The number of carbonyl (C=O) groups is 1. The Morgan fingerprint density at radius 2 is 2.06 bits per heavy atom. The Kier molecular flexibility index (Phi) is 5.16. The lowest BCUT2D eigenvalue weighted by atomic mass is 9.89. The number of hydrogen-bond acceptors (Lipinski definition) is 3. The molecule has 0 spiro atoms. The second-order valence-corrected chi connectivity index (χ2v) is 5.29. The Morgan fingerprint density at radius 3 is 2.67 bits per heavy atom. The molecule has 4 nitrogen and oxygen atoms in total. The fourth-order valence-corrected chi connectivity index (χ4v) is 1.66. The molecule has 0 radical (unpaired) electrons. The highest BCUT2D eigenvalue weighted by molar-refractivity contribution is 5.80. The zero-order valence-electron chi connectivity index (χ0n) is 11.1. The van der Waals surface area contributed by atoms with Crippen molar-refractivity contribution in [2.45, 2.75) is 26.7 Å². The Morgan fingerprint density at radius 1 is 1.39 bits per heavy atom. The number of anilines is 1. The number of benzene rings is 1. The molecule has 0 heterocycles. The molecule has 1 aromatic rings. The van der Waals surface area contributed by atoms with E-state index in [1.807, 2.05) is 32.0 Å². The number of para-hydroxylation sites is 1. The van der Waals surface area contributed by atoms with Crippen LogP contribution in [0.2, 0.25) is 0 Å². The molecule has 0 atom stereocenters. The molecule has 0 aromatic heterocycles. The normalized spacial score (nSPS) is 11.3. The second kappa shape index (κ2) is 6.40. The molecule has 0 saturated heterocycles. The average molecular weight is 250 g/mol. The van der Waals surface area contributed by atoms with Crippen LogP contribution in [0.5, 0.6) is 0 Å². The van der Waals surface area contributed by atoms with E-state index in [1.54, 1.807) is 6.07 Å². The van der Waals surface area contributed by atoms with Crippen LogP contribution in [0.15, 0.2) is 24.3 Å². The van der Waals surface area contributed by atoms with Gasteiger partial charge in [0.2, 0.25) is 5.91 Å². The summed E-state index contributed by atoms with van der Waals surface area (Å²) in [6.07, 6.45) is 0.961. The number of rotatable bonds is 6. The molecule has 1 rings (SSSR count). The molecule has 0 aliphatic rings. The number of nitrogens with two attached hydrogens (primary N) is 1. The third-order valence-corrected chi connectivity index (χ3v) is 2.96. The van der Waals surface area contributed by atoms with Gasteiger partial charge < -0.3 is 16.2 Å². The highest BCUT2D eigenvalue weighted by Crippen LogP contribution is 2.18. The highest BCUT2D eigenvalue weighted by Gasteiger charge is 2.18. The first-order valence-corrected chi connectivity index (χ1v) is 6.15. The smallest absolute Gasteiger partial charge is 0.224 e. The molecule has 0 aliphatic carbocycles. The monoisotopic (exact) mass is 250 g/mol. The Hall–Kier alpha value is -1.55. The van der Waals surface area contributed by atoms with E-state index >= 15 is 0 Å². The summed E-state index contributed by atoms with van der Waals surface area (Å²) in [7, 11) is 0.